The van der Waals surface area contributed by atoms with Crippen molar-refractivity contribution in [3.05, 3.63) is 68.0 Å². The van der Waals surface area contributed by atoms with Gasteiger partial charge >= 0.3 is 5.69 Å². The monoisotopic (exact) mass is 302 g/mol. The second-order valence-electron chi connectivity index (χ2n) is 5.49. The number of ether oxygens (including phenoxy) is 1. The van der Waals surface area contributed by atoms with Crippen molar-refractivity contribution < 1.29 is 4.74 Å². The van der Waals surface area contributed by atoms with Crippen molar-refractivity contribution in [2.75, 3.05) is 6.61 Å². The molecule has 118 valence electrons. The molecule has 0 spiro atoms. The Labute approximate surface area is 129 Å². The number of benzene rings is 1. The number of hydrogen-bond acceptors (Lipinski definition) is 3. The fourth-order valence-electron chi connectivity index (χ4n) is 2.47. The smallest absolute Gasteiger partial charge is 0.330 e. The van der Waals surface area contributed by atoms with Gasteiger partial charge in [0.2, 0.25) is 0 Å². The molecule has 0 atom stereocenters. The Kier molecular flexibility index (Phi) is 5.33. The van der Waals surface area contributed by atoms with E-state index in [0.717, 1.165) is 10.1 Å². The molecule has 2 aromatic rings. The summed E-state index contributed by atoms with van der Waals surface area (Å²) in [6, 6.07) is 9.79. The zero-order chi connectivity index (χ0) is 16.1. The number of nitrogens with one attached hydrogen (secondary N) is 1. The van der Waals surface area contributed by atoms with E-state index in [1.54, 1.807) is 0 Å². The largest absolute Gasteiger partial charge is 0.361 e. The third kappa shape index (κ3) is 3.54. The first-order valence-electron chi connectivity index (χ1n) is 7.52. The second-order valence-corrected chi connectivity index (χ2v) is 5.49. The van der Waals surface area contributed by atoms with Gasteiger partial charge in [-0.05, 0) is 18.4 Å². The van der Waals surface area contributed by atoms with Gasteiger partial charge in [0.1, 0.15) is 6.73 Å². The first kappa shape index (κ1) is 16.2. The van der Waals surface area contributed by atoms with Gasteiger partial charge in [0, 0.05) is 24.3 Å². The summed E-state index contributed by atoms with van der Waals surface area (Å²) in [5, 5.41) is 0. The zero-order valence-electron chi connectivity index (χ0n) is 13.3. The Morgan fingerprint density at radius 2 is 1.86 bits per heavy atom. The lowest BCUT2D eigenvalue weighted by Gasteiger charge is -2.14. The van der Waals surface area contributed by atoms with Gasteiger partial charge in [-0.3, -0.25) is 4.79 Å². The summed E-state index contributed by atoms with van der Waals surface area (Å²) in [6.45, 7) is 6.17. The van der Waals surface area contributed by atoms with Crippen LogP contribution in [0.3, 0.4) is 0 Å². The van der Waals surface area contributed by atoms with Crippen molar-refractivity contribution in [3.63, 3.8) is 0 Å². The van der Waals surface area contributed by atoms with Crippen LogP contribution in [0.5, 0.6) is 0 Å². The SMILES string of the molecule is CCOCn1c(=O)[nH]c(Cc2ccccc2)c(C(C)C)c1=O. The predicted octanol–water partition coefficient (Wildman–Crippen LogP) is 2.24. The van der Waals surface area contributed by atoms with E-state index in [1.807, 2.05) is 51.1 Å². The molecule has 0 saturated heterocycles. The van der Waals surface area contributed by atoms with Crippen LogP contribution in [0.15, 0.2) is 39.9 Å². The summed E-state index contributed by atoms with van der Waals surface area (Å²) in [5.74, 6) is 0.0240. The van der Waals surface area contributed by atoms with Gasteiger partial charge in [0.25, 0.3) is 5.56 Å². The minimum Gasteiger partial charge on any atom is -0.361 e. The maximum absolute atomic E-state index is 12.6. The quantitative estimate of drug-likeness (QED) is 0.890. The predicted molar refractivity (Wildman–Crippen MR) is 86.3 cm³/mol. The van der Waals surface area contributed by atoms with Crippen LogP contribution in [0.2, 0.25) is 0 Å². The molecule has 1 N–H and O–H groups in total. The Balaban J connectivity index is 2.50. The number of hydrogen-bond donors (Lipinski definition) is 1. The van der Waals surface area contributed by atoms with E-state index in [-0.39, 0.29) is 18.2 Å². The highest BCUT2D eigenvalue weighted by Gasteiger charge is 2.17. The molecular weight excluding hydrogens is 280 g/mol. The molecular formula is C17H22N2O3. The number of rotatable bonds is 6. The molecule has 0 fully saturated rings. The van der Waals surface area contributed by atoms with Crippen LogP contribution in [0.25, 0.3) is 0 Å². The lowest BCUT2D eigenvalue weighted by molar-refractivity contribution is 0.0817. The van der Waals surface area contributed by atoms with E-state index in [2.05, 4.69) is 4.98 Å². The van der Waals surface area contributed by atoms with Gasteiger partial charge in [0.15, 0.2) is 0 Å². The van der Waals surface area contributed by atoms with Crippen molar-refractivity contribution in [1.82, 2.24) is 9.55 Å². The van der Waals surface area contributed by atoms with Crippen molar-refractivity contribution in [1.29, 1.82) is 0 Å². The van der Waals surface area contributed by atoms with Crippen LogP contribution >= 0.6 is 0 Å². The normalized spacial score (nSPS) is 11.1. The van der Waals surface area contributed by atoms with E-state index in [9.17, 15) is 9.59 Å². The Morgan fingerprint density at radius 1 is 1.18 bits per heavy atom. The summed E-state index contributed by atoms with van der Waals surface area (Å²) >= 11 is 0. The van der Waals surface area contributed by atoms with Gasteiger partial charge in [-0.15, -0.1) is 0 Å². The standard InChI is InChI=1S/C17H22N2O3/c1-4-22-11-19-16(20)15(12(2)3)14(18-17(19)21)10-13-8-6-5-7-9-13/h5-9,12H,4,10-11H2,1-3H3,(H,18,21). The van der Waals surface area contributed by atoms with Gasteiger partial charge in [-0.25, -0.2) is 9.36 Å². The molecule has 0 aliphatic heterocycles. The van der Waals surface area contributed by atoms with Gasteiger partial charge < -0.3 is 9.72 Å². The van der Waals surface area contributed by atoms with Gasteiger partial charge in [0.05, 0.1) is 0 Å². The molecule has 0 saturated carbocycles. The van der Waals surface area contributed by atoms with Crippen LogP contribution in [0.1, 0.15) is 43.5 Å². The average molecular weight is 302 g/mol. The molecule has 0 aliphatic rings. The molecule has 0 unspecified atom stereocenters. The van der Waals surface area contributed by atoms with E-state index in [0.29, 0.717) is 24.3 Å². The van der Waals surface area contributed by atoms with Crippen LogP contribution in [0.4, 0.5) is 0 Å². The first-order valence-corrected chi connectivity index (χ1v) is 7.52. The average Bonchev–Trinajstić information content (AvgIpc) is 2.47. The molecule has 0 aliphatic carbocycles. The molecule has 0 bridgehead atoms. The fourth-order valence-corrected chi connectivity index (χ4v) is 2.47. The van der Waals surface area contributed by atoms with E-state index >= 15 is 0 Å². The molecule has 1 heterocycles. The molecule has 22 heavy (non-hydrogen) atoms. The molecule has 0 radical (unpaired) electrons. The third-order valence-electron chi connectivity index (χ3n) is 3.53. The minimum atomic E-state index is -0.422. The summed E-state index contributed by atoms with van der Waals surface area (Å²) in [7, 11) is 0. The van der Waals surface area contributed by atoms with Crippen LogP contribution < -0.4 is 11.2 Å². The number of aromatic nitrogens is 2. The first-order chi connectivity index (χ1) is 10.5. The lowest BCUT2D eigenvalue weighted by atomic mass is 9.98. The Bertz CT molecular complexity index is 730. The third-order valence-corrected chi connectivity index (χ3v) is 3.53. The molecule has 0 amide bonds. The van der Waals surface area contributed by atoms with Crippen LogP contribution in [0, 0.1) is 0 Å². The molecule has 5 nitrogen and oxygen atoms in total. The zero-order valence-corrected chi connectivity index (χ0v) is 13.3. The summed E-state index contributed by atoms with van der Waals surface area (Å²) in [5.41, 5.74) is 1.70. The van der Waals surface area contributed by atoms with Crippen LogP contribution in [-0.4, -0.2) is 16.2 Å². The number of nitrogens with zero attached hydrogens (tertiary/aromatic N) is 1. The molecule has 2 rings (SSSR count). The molecule has 1 aromatic carbocycles. The Hall–Kier alpha value is -2.14. The van der Waals surface area contributed by atoms with Crippen molar-refractivity contribution in [3.8, 4) is 0 Å². The maximum Gasteiger partial charge on any atom is 0.330 e. The van der Waals surface area contributed by atoms with Crippen LogP contribution in [-0.2, 0) is 17.9 Å². The van der Waals surface area contributed by atoms with Crippen molar-refractivity contribution >= 4 is 0 Å². The summed E-state index contributed by atoms with van der Waals surface area (Å²) < 4.78 is 6.34. The lowest BCUT2D eigenvalue weighted by Crippen LogP contribution is -2.39. The van der Waals surface area contributed by atoms with Gasteiger partial charge in [-0.1, -0.05) is 44.2 Å². The fraction of sp³-hybridized carbons (Fsp3) is 0.412. The molecule has 5 heteroatoms. The minimum absolute atomic E-state index is 0.0179. The number of H-pyrrole nitrogens is 1. The highest BCUT2D eigenvalue weighted by Crippen LogP contribution is 2.16. The van der Waals surface area contributed by atoms with Crippen molar-refractivity contribution in [2.45, 2.75) is 39.8 Å². The maximum atomic E-state index is 12.6. The van der Waals surface area contributed by atoms with Crippen molar-refractivity contribution in [2.24, 2.45) is 0 Å². The van der Waals surface area contributed by atoms with E-state index < -0.39 is 5.69 Å². The topological polar surface area (TPSA) is 64.1 Å². The second kappa shape index (κ2) is 7.22. The summed E-state index contributed by atoms with van der Waals surface area (Å²) in [4.78, 5) is 27.6. The van der Waals surface area contributed by atoms with Gasteiger partial charge in [-0.2, -0.15) is 0 Å². The Morgan fingerprint density at radius 3 is 2.45 bits per heavy atom. The van der Waals surface area contributed by atoms with E-state index in [1.165, 1.54) is 0 Å². The number of aromatic amines is 1. The highest BCUT2D eigenvalue weighted by molar-refractivity contribution is 5.28. The highest BCUT2D eigenvalue weighted by atomic mass is 16.5. The summed E-state index contributed by atoms with van der Waals surface area (Å²) in [6.07, 6.45) is 0.536. The van der Waals surface area contributed by atoms with E-state index in [4.69, 9.17) is 4.74 Å². The molecule has 1 aromatic heterocycles.